The topological polar surface area (TPSA) is 78.7 Å². The molecule has 0 aromatic carbocycles. The van der Waals surface area contributed by atoms with Crippen molar-refractivity contribution in [3.05, 3.63) is 0 Å². The quantitative estimate of drug-likeness (QED) is 0.654. The average molecular weight is 278 g/mol. The molecule has 0 spiro atoms. The van der Waals surface area contributed by atoms with Gasteiger partial charge in [0.05, 0.1) is 0 Å². The first kappa shape index (κ1) is 15.8. The second-order valence-corrected chi connectivity index (χ2v) is 6.95. The summed E-state index contributed by atoms with van der Waals surface area (Å²) >= 11 is 0. The van der Waals surface area contributed by atoms with Gasteiger partial charge in [-0.1, -0.05) is 0 Å². The molecule has 0 saturated carbocycles. The highest BCUT2D eigenvalue weighted by Gasteiger charge is 2.21. The highest BCUT2D eigenvalue weighted by Crippen LogP contribution is 2.14. The maximum atomic E-state index is 11.9. The largest absolute Gasteiger partial charge is 0.330 e. The third-order valence-electron chi connectivity index (χ3n) is 3.36. The zero-order valence-electron chi connectivity index (χ0n) is 11.4. The molecule has 1 fully saturated rings. The molecular formula is C11H26N4O2S. The van der Waals surface area contributed by atoms with Gasteiger partial charge in [0.2, 0.25) is 0 Å². The van der Waals surface area contributed by atoms with Gasteiger partial charge in [-0.15, -0.1) is 0 Å². The molecule has 0 aliphatic carbocycles. The first-order valence-corrected chi connectivity index (χ1v) is 7.99. The Balaban J connectivity index is 2.36. The molecule has 108 valence electrons. The molecule has 1 atom stereocenters. The van der Waals surface area contributed by atoms with Crippen LogP contribution in [0.15, 0.2) is 0 Å². The lowest BCUT2D eigenvalue weighted by atomic mass is 9.99. The Morgan fingerprint density at radius 3 is 2.83 bits per heavy atom. The second kappa shape index (κ2) is 7.40. The van der Waals surface area contributed by atoms with Gasteiger partial charge in [-0.05, 0) is 45.3 Å². The van der Waals surface area contributed by atoms with Crippen molar-refractivity contribution in [3.8, 4) is 0 Å². The fourth-order valence-corrected chi connectivity index (χ4v) is 3.24. The van der Waals surface area contributed by atoms with E-state index in [0.29, 0.717) is 32.0 Å². The summed E-state index contributed by atoms with van der Waals surface area (Å²) in [6, 6.07) is 0. The van der Waals surface area contributed by atoms with Crippen LogP contribution >= 0.6 is 0 Å². The summed E-state index contributed by atoms with van der Waals surface area (Å²) in [7, 11) is 0.326. The SMILES string of the molecule is CN1CCCC(CNS(=O)(=O)N(C)CCCN)C1. The highest BCUT2D eigenvalue weighted by atomic mass is 32.2. The van der Waals surface area contributed by atoms with Crippen molar-refractivity contribution in [2.75, 3.05) is 46.8 Å². The number of nitrogens with one attached hydrogen (secondary N) is 1. The Bertz CT molecular complexity index is 334. The molecule has 1 rings (SSSR count). The van der Waals surface area contributed by atoms with Gasteiger partial charge >= 0.3 is 0 Å². The first-order valence-electron chi connectivity index (χ1n) is 6.55. The van der Waals surface area contributed by atoms with Crippen LogP contribution < -0.4 is 10.5 Å². The molecule has 0 bridgehead atoms. The van der Waals surface area contributed by atoms with E-state index >= 15 is 0 Å². The predicted octanol–water partition coefficient (Wildman–Crippen LogP) is -0.557. The van der Waals surface area contributed by atoms with Crippen LogP contribution in [0.25, 0.3) is 0 Å². The Hall–Kier alpha value is -0.210. The van der Waals surface area contributed by atoms with Crippen LogP contribution in [0.3, 0.4) is 0 Å². The van der Waals surface area contributed by atoms with Gasteiger partial charge in [0.1, 0.15) is 0 Å². The van der Waals surface area contributed by atoms with E-state index in [0.717, 1.165) is 25.9 Å². The lowest BCUT2D eigenvalue weighted by Gasteiger charge is -2.30. The Morgan fingerprint density at radius 1 is 1.50 bits per heavy atom. The highest BCUT2D eigenvalue weighted by molar-refractivity contribution is 7.87. The summed E-state index contributed by atoms with van der Waals surface area (Å²) < 4.78 is 27.9. The van der Waals surface area contributed by atoms with Gasteiger partial charge < -0.3 is 10.6 Å². The van der Waals surface area contributed by atoms with E-state index in [1.54, 1.807) is 7.05 Å². The first-order chi connectivity index (χ1) is 8.45. The van der Waals surface area contributed by atoms with E-state index in [1.807, 2.05) is 0 Å². The molecule has 3 N–H and O–H groups in total. The van der Waals surface area contributed by atoms with Crippen LogP contribution in [0.2, 0.25) is 0 Å². The van der Waals surface area contributed by atoms with E-state index < -0.39 is 10.2 Å². The van der Waals surface area contributed by atoms with E-state index in [9.17, 15) is 8.42 Å². The smallest absolute Gasteiger partial charge is 0.279 e. The van der Waals surface area contributed by atoms with E-state index in [2.05, 4.69) is 16.7 Å². The lowest BCUT2D eigenvalue weighted by molar-refractivity contribution is 0.210. The number of piperidine rings is 1. The molecular weight excluding hydrogens is 252 g/mol. The van der Waals surface area contributed by atoms with Crippen molar-refractivity contribution >= 4 is 10.2 Å². The summed E-state index contributed by atoms with van der Waals surface area (Å²) in [6.07, 6.45) is 2.93. The number of hydrogen-bond donors (Lipinski definition) is 2. The third kappa shape index (κ3) is 5.19. The van der Waals surface area contributed by atoms with Gasteiger partial charge in [-0.2, -0.15) is 12.7 Å². The monoisotopic (exact) mass is 278 g/mol. The molecule has 1 aliphatic rings. The number of rotatable bonds is 7. The zero-order chi connectivity index (χ0) is 13.6. The van der Waals surface area contributed by atoms with Crippen molar-refractivity contribution in [2.24, 2.45) is 11.7 Å². The van der Waals surface area contributed by atoms with Crippen LogP contribution in [-0.4, -0.2) is 64.4 Å². The Labute approximate surface area is 111 Å². The van der Waals surface area contributed by atoms with Gasteiger partial charge in [-0.3, -0.25) is 0 Å². The van der Waals surface area contributed by atoms with Crippen LogP contribution in [0, 0.1) is 5.92 Å². The molecule has 1 aliphatic heterocycles. The standard InChI is InChI=1S/C11H26N4O2S/c1-14-7-3-5-11(10-14)9-13-18(16,17)15(2)8-4-6-12/h11,13H,3-10,12H2,1-2H3. The fourth-order valence-electron chi connectivity index (χ4n) is 2.21. The van der Waals surface area contributed by atoms with Crippen LogP contribution in [0.1, 0.15) is 19.3 Å². The molecule has 18 heavy (non-hydrogen) atoms. The number of likely N-dealkylation sites (tertiary alicyclic amines) is 1. The summed E-state index contributed by atoms with van der Waals surface area (Å²) in [5, 5.41) is 0. The van der Waals surface area contributed by atoms with Crippen molar-refractivity contribution in [2.45, 2.75) is 19.3 Å². The predicted molar refractivity (Wildman–Crippen MR) is 73.4 cm³/mol. The van der Waals surface area contributed by atoms with E-state index in [4.69, 9.17) is 5.73 Å². The fraction of sp³-hybridized carbons (Fsp3) is 1.00. The maximum absolute atomic E-state index is 11.9. The normalized spacial score (nSPS) is 22.6. The van der Waals surface area contributed by atoms with Crippen LogP contribution in [0.4, 0.5) is 0 Å². The molecule has 0 aromatic rings. The minimum Gasteiger partial charge on any atom is -0.330 e. The van der Waals surface area contributed by atoms with Crippen LogP contribution in [0.5, 0.6) is 0 Å². The van der Waals surface area contributed by atoms with E-state index in [1.165, 1.54) is 4.31 Å². The minimum absolute atomic E-state index is 0.418. The number of hydrogen-bond acceptors (Lipinski definition) is 4. The van der Waals surface area contributed by atoms with E-state index in [-0.39, 0.29) is 0 Å². The zero-order valence-corrected chi connectivity index (χ0v) is 12.2. The molecule has 1 unspecified atom stereocenters. The second-order valence-electron chi connectivity index (χ2n) is 5.09. The summed E-state index contributed by atoms with van der Waals surface area (Å²) in [4.78, 5) is 2.25. The van der Waals surface area contributed by atoms with Gasteiger partial charge in [0.25, 0.3) is 10.2 Å². The Kier molecular flexibility index (Phi) is 6.51. The molecule has 0 aromatic heterocycles. The van der Waals surface area contributed by atoms with Gasteiger partial charge in [0, 0.05) is 26.7 Å². The number of nitrogens with two attached hydrogens (primary N) is 1. The average Bonchev–Trinajstić information content (AvgIpc) is 2.33. The molecule has 6 nitrogen and oxygen atoms in total. The molecule has 1 saturated heterocycles. The summed E-state index contributed by atoms with van der Waals surface area (Å²) in [6.45, 7) is 3.58. The molecule has 7 heteroatoms. The van der Waals surface area contributed by atoms with Crippen LogP contribution in [-0.2, 0) is 10.2 Å². The summed E-state index contributed by atoms with van der Waals surface area (Å²) in [5.74, 6) is 0.418. The third-order valence-corrected chi connectivity index (χ3v) is 4.90. The molecule has 1 heterocycles. The summed E-state index contributed by atoms with van der Waals surface area (Å²) in [5.41, 5.74) is 5.38. The number of nitrogens with zero attached hydrogens (tertiary/aromatic N) is 2. The maximum Gasteiger partial charge on any atom is 0.279 e. The van der Waals surface area contributed by atoms with Crippen molar-refractivity contribution in [3.63, 3.8) is 0 Å². The van der Waals surface area contributed by atoms with Crippen molar-refractivity contribution in [1.29, 1.82) is 0 Å². The molecule has 0 radical (unpaired) electrons. The minimum atomic E-state index is -3.34. The van der Waals surface area contributed by atoms with Gasteiger partial charge in [-0.25, -0.2) is 4.72 Å². The lowest BCUT2D eigenvalue weighted by Crippen LogP contribution is -2.44. The van der Waals surface area contributed by atoms with Gasteiger partial charge in [0.15, 0.2) is 0 Å². The molecule has 0 amide bonds. The Morgan fingerprint density at radius 2 is 2.22 bits per heavy atom. The van der Waals surface area contributed by atoms with Crippen molar-refractivity contribution < 1.29 is 8.42 Å². The van der Waals surface area contributed by atoms with Crippen molar-refractivity contribution in [1.82, 2.24) is 13.9 Å².